The highest BCUT2D eigenvalue weighted by Gasteiger charge is 2.09. The summed E-state index contributed by atoms with van der Waals surface area (Å²) in [6.07, 6.45) is 0.653. The van der Waals surface area contributed by atoms with Crippen molar-refractivity contribution in [2.45, 2.75) is 20.3 Å². The molecule has 0 aliphatic heterocycles. The molecule has 0 heterocycles. The summed E-state index contributed by atoms with van der Waals surface area (Å²) < 4.78 is 6.49. The van der Waals surface area contributed by atoms with E-state index in [-0.39, 0.29) is 6.03 Å². The number of carbonyl (C=O) groups excluding carboxylic acids is 1. The number of nitrogens with one attached hydrogen (secondary N) is 2. The third-order valence-corrected chi connectivity index (χ3v) is 4.52. The van der Waals surface area contributed by atoms with Crippen LogP contribution in [-0.4, -0.2) is 19.2 Å². The number of ether oxygens (including phenoxy) is 1. The topological polar surface area (TPSA) is 50.4 Å². The number of hydrogen-bond donors (Lipinski definition) is 2. The van der Waals surface area contributed by atoms with Gasteiger partial charge in [0, 0.05) is 11.0 Å². The third-order valence-electron chi connectivity index (χ3n) is 3.43. The number of urea groups is 1. The molecule has 0 unspecified atom stereocenters. The monoisotopic (exact) mass is 444 g/mol. The zero-order valence-corrected chi connectivity index (χ0v) is 17.1. The maximum absolute atomic E-state index is 12.0. The van der Waals surface area contributed by atoms with Crippen LogP contribution in [-0.2, 0) is 0 Å². The van der Waals surface area contributed by atoms with Crippen molar-refractivity contribution >= 4 is 50.9 Å². The minimum atomic E-state index is -0.296. The van der Waals surface area contributed by atoms with Crippen LogP contribution in [0.25, 0.3) is 0 Å². The molecule has 0 aromatic heterocycles. The van der Waals surface area contributed by atoms with Gasteiger partial charge in [-0.15, -0.1) is 0 Å². The first-order chi connectivity index (χ1) is 11.9. The molecule has 0 spiro atoms. The van der Waals surface area contributed by atoms with E-state index in [4.69, 9.17) is 27.9 Å². The van der Waals surface area contributed by atoms with Crippen LogP contribution in [0.5, 0.6) is 5.75 Å². The van der Waals surface area contributed by atoms with E-state index in [2.05, 4.69) is 26.6 Å². The van der Waals surface area contributed by atoms with Gasteiger partial charge in [0.25, 0.3) is 0 Å². The normalized spacial score (nSPS) is 10.4. The summed E-state index contributed by atoms with van der Waals surface area (Å²) in [5.41, 5.74) is 2.60. The molecule has 2 N–H and O–H groups in total. The fraction of sp³-hybridized carbons (Fsp3) is 0.278. The summed E-state index contributed by atoms with van der Waals surface area (Å²) >= 11 is 15.6. The number of aryl methyl sites for hydroxylation is 2. The van der Waals surface area contributed by atoms with Gasteiger partial charge in [0.1, 0.15) is 5.75 Å². The lowest BCUT2D eigenvalue weighted by Gasteiger charge is -2.13. The van der Waals surface area contributed by atoms with Crippen molar-refractivity contribution in [1.29, 1.82) is 0 Å². The number of amides is 2. The van der Waals surface area contributed by atoms with Gasteiger partial charge in [0.05, 0.1) is 22.3 Å². The molecule has 0 saturated carbocycles. The van der Waals surface area contributed by atoms with Crippen LogP contribution in [0.1, 0.15) is 17.5 Å². The molecule has 0 aliphatic rings. The second-order valence-electron chi connectivity index (χ2n) is 5.60. The highest BCUT2D eigenvalue weighted by atomic mass is 79.9. The van der Waals surface area contributed by atoms with E-state index in [0.717, 1.165) is 15.6 Å². The van der Waals surface area contributed by atoms with Crippen molar-refractivity contribution in [2.75, 3.05) is 18.5 Å². The van der Waals surface area contributed by atoms with Crippen LogP contribution in [0.2, 0.25) is 10.0 Å². The Morgan fingerprint density at radius 1 is 1.16 bits per heavy atom. The standard InChI is InChI=1S/C18H19BrCl2N2O2/c1-11-8-12(2)17(15(21)9-11)23-18(24)22-6-3-7-25-16-5-4-13(19)10-14(16)20/h4-5,8-10H,3,6-7H2,1-2H3,(H2,22,23,24). The molecule has 7 heteroatoms. The second kappa shape index (κ2) is 9.32. The summed E-state index contributed by atoms with van der Waals surface area (Å²) in [5, 5.41) is 6.64. The number of benzene rings is 2. The zero-order chi connectivity index (χ0) is 18.4. The van der Waals surface area contributed by atoms with Crippen LogP contribution < -0.4 is 15.4 Å². The Morgan fingerprint density at radius 2 is 1.92 bits per heavy atom. The van der Waals surface area contributed by atoms with E-state index in [1.807, 2.05) is 32.0 Å². The molecule has 0 fully saturated rings. The highest BCUT2D eigenvalue weighted by Crippen LogP contribution is 2.28. The Labute approximate surface area is 166 Å². The molecule has 25 heavy (non-hydrogen) atoms. The summed E-state index contributed by atoms with van der Waals surface area (Å²) in [6.45, 7) is 4.79. The number of anilines is 1. The Kier molecular flexibility index (Phi) is 7.41. The first-order valence-corrected chi connectivity index (χ1v) is 9.31. The van der Waals surface area contributed by atoms with Gasteiger partial charge >= 0.3 is 6.03 Å². The van der Waals surface area contributed by atoms with Gasteiger partial charge in [-0.25, -0.2) is 4.79 Å². The molecular weight excluding hydrogens is 427 g/mol. The number of halogens is 3. The van der Waals surface area contributed by atoms with Crippen LogP contribution in [0.3, 0.4) is 0 Å². The molecule has 2 aromatic carbocycles. The summed E-state index contributed by atoms with van der Waals surface area (Å²) in [7, 11) is 0. The Morgan fingerprint density at radius 3 is 2.60 bits per heavy atom. The van der Waals surface area contributed by atoms with Crippen LogP contribution in [0, 0.1) is 13.8 Å². The largest absolute Gasteiger partial charge is 0.492 e. The average molecular weight is 446 g/mol. The molecule has 0 bridgehead atoms. The quantitative estimate of drug-likeness (QED) is 0.538. The second-order valence-corrected chi connectivity index (χ2v) is 7.33. The van der Waals surface area contributed by atoms with Gasteiger partial charge < -0.3 is 15.4 Å². The summed E-state index contributed by atoms with van der Waals surface area (Å²) in [5.74, 6) is 0.622. The third kappa shape index (κ3) is 6.10. The minimum absolute atomic E-state index is 0.296. The van der Waals surface area contributed by atoms with E-state index >= 15 is 0 Å². The van der Waals surface area contributed by atoms with Crippen molar-refractivity contribution in [3.8, 4) is 5.75 Å². The number of carbonyl (C=O) groups is 1. The molecule has 0 saturated heterocycles. The Hall–Kier alpha value is -1.43. The summed E-state index contributed by atoms with van der Waals surface area (Å²) in [6, 6.07) is 8.93. The van der Waals surface area contributed by atoms with Gasteiger partial charge in [-0.1, -0.05) is 45.2 Å². The Balaban J connectivity index is 1.74. The average Bonchev–Trinajstić information content (AvgIpc) is 2.52. The maximum atomic E-state index is 12.0. The molecule has 4 nitrogen and oxygen atoms in total. The van der Waals surface area contributed by atoms with Gasteiger partial charge in [-0.3, -0.25) is 0 Å². The molecule has 2 aromatic rings. The molecular formula is C18H19BrCl2N2O2. The lowest BCUT2D eigenvalue weighted by Crippen LogP contribution is -2.30. The SMILES string of the molecule is Cc1cc(C)c(NC(=O)NCCCOc2ccc(Br)cc2Cl)c(Cl)c1. The van der Waals surface area contributed by atoms with E-state index < -0.39 is 0 Å². The van der Waals surface area contributed by atoms with Gasteiger partial charge in [-0.05, 0) is 55.7 Å². The van der Waals surface area contributed by atoms with Gasteiger partial charge in [-0.2, -0.15) is 0 Å². The van der Waals surface area contributed by atoms with Crippen molar-refractivity contribution < 1.29 is 9.53 Å². The van der Waals surface area contributed by atoms with Crippen LogP contribution in [0.15, 0.2) is 34.8 Å². The molecule has 2 amide bonds. The Bertz CT molecular complexity index is 746. The van der Waals surface area contributed by atoms with Gasteiger partial charge in [0.2, 0.25) is 0 Å². The van der Waals surface area contributed by atoms with E-state index in [1.54, 1.807) is 12.1 Å². The smallest absolute Gasteiger partial charge is 0.319 e. The number of hydrogen-bond acceptors (Lipinski definition) is 2. The predicted octanol–water partition coefficient (Wildman–Crippen LogP) is 5.96. The highest BCUT2D eigenvalue weighted by molar-refractivity contribution is 9.10. The van der Waals surface area contributed by atoms with E-state index in [1.165, 1.54) is 0 Å². The maximum Gasteiger partial charge on any atom is 0.319 e. The van der Waals surface area contributed by atoms with Crippen molar-refractivity contribution in [3.05, 3.63) is 56.0 Å². The van der Waals surface area contributed by atoms with E-state index in [0.29, 0.717) is 41.1 Å². The van der Waals surface area contributed by atoms with Crippen molar-refractivity contribution in [1.82, 2.24) is 5.32 Å². The van der Waals surface area contributed by atoms with Gasteiger partial charge in [0.15, 0.2) is 0 Å². The lowest BCUT2D eigenvalue weighted by molar-refractivity contribution is 0.250. The number of rotatable bonds is 6. The summed E-state index contributed by atoms with van der Waals surface area (Å²) in [4.78, 5) is 12.0. The lowest BCUT2D eigenvalue weighted by atomic mass is 10.1. The fourth-order valence-electron chi connectivity index (χ4n) is 2.28. The molecule has 134 valence electrons. The first kappa shape index (κ1) is 19.9. The predicted molar refractivity (Wildman–Crippen MR) is 107 cm³/mol. The molecule has 0 aliphatic carbocycles. The minimum Gasteiger partial charge on any atom is -0.492 e. The fourth-order valence-corrected chi connectivity index (χ4v) is 3.38. The molecule has 0 atom stereocenters. The van der Waals surface area contributed by atoms with Crippen LogP contribution >= 0.6 is 39.1 Å². The van der Waals surface area contributed by atoms with Crippen molar-refractivity contribution in [2.24, 2.45) is 0 Å². The first-order valence-electron chi connectivity index (χ1n) is 7.76. The van der Waals surface area contributed by atoms with Crippen LogP contribution in [0.4, 0.5) is 10.5 Å². The zero-order valence-electron chi connectivity index (χ0n) is 14.0. The van der Waals surface area contributed by atoms with Crippen molar-refractivity contribution in [3.63, 3.8) is 0 Å². The molecule has 2 rings (SSSR count). The van der Waals surface area contributed by atoms with E-state index in [9.17, 15) is 4.79 Å². The molecule has 0 radical (unpaired) electrons.